The van der Waals surface area contributed by atoms with Crippen molar-refractivity contribution in [2.75, 3.05) is 17.2 Å². The molecule has 0 spiro atoms. The Balaban J connectivity index is 1.79. The molecule has 0 unspecified atom stereocenters. The molecule has 7 N–H and O–H groups in total. The lowest BCUT2D eigenvalue weighted by Gasteiger charge is -2.16. The number of aliphatic carboxylic acids is 1. The second-order valence-electron chi connectivity index (χ2n) is 7.30. The molecule has 9 heteroatoms. The summed E-state index contributed by atoms with van der Waals surface area (Å²) >= 11 is 0. The highest BCUT2D eigenvalue weighted by Gasteiger charge is 2.15. The third-order valence-electron chi connectivity index (χ3n) is 4.76. The molecular formula is C24H24N4O5. The number of nitrogens with one attached hydrogen (secondary N) is 3. The highest BCUT2D eigenvalue weighted by Crippen LogP contribution is 2.31. The first-order chi connectivity index (χ1) is 15.7. The van der Waals surface area contributed by atoms with E-state index in [0.29, 0.717) is 28.1 Å². The van der Waals surface area contributed by atoms with Crippen molar-refractivity contribution >= 4 is 29.1 Å². The molecule has 0 aliphatic heterocycles. The van der Waals surface area contributed by atoms with Gasteiger partial charge in [-0.25, -0.2) is 4.79 Å². The summed E-state index contributed by atoms with van der Waals surface area (Å²) in [4.78, 5) is 23.8. The van der Waals surface area contributed by atoms with Crippen LogP contribution < -0.4 is 21.1 Å². The van der Waals surface area contributed by atoms with Crippen LogP contribution in [-0.2, 0) is 11.3 Å². The monoisotopic (exact) mass is 448 g/mol. The van der Waals surface area contributed by atoms with E-state index >= 15 is 0 Å². The first-order valence-corrected chi connectivity index (χ1v) is 10.0. The van der Waals surface area contributed by atoms with Crippen LogP contribution in [0.1, 0.15) is 27.0 Å². The number of carbonyl (C=O) groups is 2. The predicted octanol–water partition coefficient (Wildman–Crippen LogP) is 3.31. The quantitative estimate of drug-likeness (QED) is 0.216. The molecule has 0 aromatic heterocycles. The molecule has 3 rings (SSSR count). The molecule has 0 aliphatic rings. The summed E-state index contributed by atoms with van der Waals surface area (Å²) in [5, 5.41) is 32.4. The number of hydrogen-bond donors (Lipinski definition) is 6. The fraction of sp³-hybridized carbons (Fsp3) is 0.125. The molecule has 0 radical (unpaired) electrons. The first-order valence-electron chi connectivity index (χ1n) is 10.0. The average molecular weight is 448 g/mol. The van der Waals surface area contributed by atoms with Gasteiger partial charge in [0.05, 0.1) is 5.56 Å². The van der Waals surface area contributed by atoms with Crippen molar-refractivity contribution in [2.24, 2.45) is 5.73 Å². The zero-order chi connectivity index (χ0) is 24.0. The Kier molecular flexibility index (Phi) is 7.14. The summed E-state index contributed by atoms with van der Waals surface area (Å²) in [5.41, 5.74) is 8.93. The van der Waals surface area contributed by atoms with E-state index in [1.54, 1.807) is 48.5 Å². The number of carboxylic acids is 1. The number of phenolic OH excluding ortho intramolecular Hbond substituents is 1. The lowest BCUT2D eigenvalue weighted by atomic mass is 10.1. The number of phenols is 1. The van der Waals surface area contributed by atoms with Gasteiger partial charge in [0.15, 0.2) is 18.1 Å². The van der Waals surface area contributed by atoms with Crippen molar-refractivity contribution in [2.45, 2.75) is 13.5 Å². The lowest BCUT2D eigenvalue weighted by molar-refractivity contribution is -0.139. The molecule has 0 atom stereocenters. The third-order valence-corrected chi connectivity index (χ3v) is 4.76. The van der Waals surface area contributed by atoms with Gasteiger partial charge in [0.2, 0.25) is 0 Å². The molecule has 0 bridgehead atoms. The van der Waals surface area contributed by atoms with E-state index in [1.165, 1.54) is 6.07 Å². The van der Waals surface area contributed by atoms with E-state index in [2.05, 4.69) is 10.6 Å². The van der Waals surface area contributed by atoms with Gasteiger partial charge in [-0.3, -0.25) is 10.2 Å². The zero-order valence-electron chi connectivity index (χ0n) is 17.9. The van der Waals surface area contributed by atoms with Crippen LogP contribution in [0, 0.1) is 12.3 Å². The average Bonchev–Trinajstić information content (AvgIpc) is 2.77. The fourth-order valence-corrected chi connectivity index (χ4v) is 3.13. The number of nitrogen functional groups attached to an aromatic ring is 1. The minimum Gasteiger partial charge on any atom is -0.504 e. The van der Waals surface area contributed by atoms with Gasteiger partial charge in [0, 0.05) is 29.0 Å². The number of carboxylic acid groups (broad SMARTS) is 1. The number of anilines is 2. The molecule has 3 aromatic rings. The van der Waals surface area contributed by atoms with Crippen molar-refractivity contribution in [1.82, 2.24) is 0 Å². The molecule has 0 heterocycles. The number of amides is 1. The van der Waals surface area contributed by atoms with Gasteiger partial charge in [0.1, 0.15) is 5.84 Å². The van der Waals surface area contributed by atoms with Crippen LogP contribution in [0.5, 0.6) is 11.5 Å². The van der Waals surface area contributed by atoms with Gasteiger partial charge in [-0.2, -0.15) is 0 Å². The van der Waals surface area contributed by atoms with Crippen LogP contribution in [-0.4, -0.2) is 34.5 Å². The molecular weight excluding hydrogens is 424 g/mol. The van der Waals surface area contributed by atoms with Crippen LogP contribution in [0.2, 0.25) is 0 Å². The van der Waals surface area contributed by atoms with Crippen molar-refractivity contribution in [3.8, 4) is 11.5 Å². The van der Waals surface area contributed by atoms with E-state index in [-0.39, 0.29) is 29.8 Å². The first kappa shape index (κ1) is 23.1. The highest BCUT2D eigenvalue weighted by atomic mass is 16.5. The Morgan fingerprint density at radius 2 is 1.82 bits per heavy atom. The molecule has 9 nitrogen and oxygen atoms in total. The Morgan fingerprint density at radius 3 is 2.48 bits per heavy atom. The molecule has 170 valence electrons. The maximum absolute atomic E-state index is 13.0. The number of aryl methyl sites for hydroxylation is 1. The van der Waals surface area contributed by atoms with Crippen LogP contribution >= 0.6 is 0 Å². The summed E-state index contributed by atoms with van der Waals surface area (Å²) in [6.45, 7) is 1.46. The van der Waals surface area contributed by atoms with E-state index in [0.717, 1.165) is 5.56 Å². The van der Waals surface area contributed by atoms with Gasteiger partial charge in [-0.05, 0) is 49.4 Å². The fourth-order valence-electron chi connectivity index (χ4n) is 3.13. The highest BCUT2D eigenvalue weighted by molar-refractivity contribution is 6.08. The van der Waals surface area contributed by atoms with Crippen molar-refractivity contribution in [3.63, 3.8) is 0 Å². The van der Waals surface area contributed by atoms with E-state index in [4.69, 9.17) is 21.0 Å². The SMILES string of the molecule is Cc1ccc(NCc2cccc(O)c2OCC(=O)O)c(C(=O)Nc2ccc(C(=N)N)cc2)c1. The molecule has 33 heavy (non-hydrogen) atoms. The van der Waals surface area contributed by atoms with Crippen LogP contribution in [0.3, 0.4) is 0 Å². The van der Waals surface area contributed by atoms with Crippen LogP contribution in [0.4, 0.5) is 11.4 Å². The maximum Gasteiger partial charge on any atom is 0.341 e. The molecule has 0 saturated carbocycles. The minimum atomic E-state index is -1.16. The molecule has 0 fully saturated rings. The molecule has 0 aliphatic carbocycles. The summed E-state index contributed by atoms with van der Waals surface area (Å²) < 4.78 is 5.23. The number of rotatable bonds is 9. The summed E-state index contributed by atoms with van der Waals surface area (Å²) in [7, 11) is 0. The smallest absolute Gasteiger partial charge is 0.341 e. The molecule has 1 amide bonds. The van der Waals surface area contributed by atoms with Crippen molar-refractivity contribution in [3.05, 3.63) is 82.9 Å². The van der Waals surface area contributed by atoms with Gasteiger partial charge < -0.3 is 31.3 Å². The normalized spacial score (nSPS) is 10.3. The number of aromatic hydroxyl groups is 1. The lowest BCUT2D eigenvalue weighted by Crippen LogP contribution is -2.16. The zero-order valence-corrected chi connectivity index (χ0v) is 17.9. The molecule has 3 aromatic carbocycles. The standard InChI is InChI=1S/C24H24N4O5/c1-14-5-10-19(27-12-16-3-2-4-20(29)22(16)33-13-21(30)31)18(11-14)24(32)28-17-8-6-15(7-9-17)23(25)26/h2-11,27,29H,12-13H2,1H3,(H3,25,26)(H,28,32)(H,30,31). The topological polar surface area (TPSA) is 158 Å². The van der Waals surface area contributed by atoms with Gasteiger partial charge in [-0.1, -0.05) is 23.8 Å². The van der Waals surface area contributed by atoms with E-state index in [1.807, 2.05) is 13.0 Å². The number of carbonyl (C=O) groups excluding carboxylic acids is 1. The number of benzene rings is 3. The second kappa shape index (κ2) is 10.2. The van der Waals surface area contributed by atoms with Gasteiger partial charge in [-0.15, -0.1) is 0 Å². The molecule has 0 saturated heterocycles. The van der Waals surface area contributed by atoms with E-state index < -0.39 is 12.6 Å². The second-order valence-corrected chi connectivity index (χ2v) is 7.30. The largest absolute Gasteiger partial charge is 0.504 e. The summed E-state index contributed by atoms with van der Waals surface area (Å²) in [5.74, 6) is -1.67. The summed E-state index contributed by atoms with van der Waals surface area (Å²) in [6.07, 6.45) is 0. The number of nitrogens with two attached hydrogens (primary N) is 1. The van der Waals surface area contributed by atoms with Crippen molar-refractivity contribution < 1.29 is 24.5 Å². The van der Waals surface area contributed by atoms with Crippen molar-refractivity contribution in [1.29, 1.82) is 5.41 Å². The maximum atomic E-state index is 13.0. The number of amidine groups is 1. The Labute approximate surface area is 190 Å². The number of ether oxygens (including phenoxy) is 1. The van der Waals surface area contributed by atoms with Crippen LogP contribution in [0.25, 0.3) is 0 Å². The minimum absolute atomic E-state index is 0.0586. The van der Waals surface area contributed by atoms with Gasteiger partial charge >= 0.3 is 5.97 Å². The number of para-hydroxylation sites is 1. The Bertz CT molecular complexity index is 1190. The third kappa shape index (κ3) is 6.01. The summed E-state index contributed by atoms with van der Waals surface area (Å²) in [6, 6.07) is 16.7. The Morgan fingerprint density at radius 1 is 1.09 bits per heavy atom. The Hall–Kier alpha value is -4.53. The van der Waals surface area contributed by atoms with Crippen LogP contribution in [0.15, 0.2) is 60.7 Å². The predicted molar refractivity (Wildman–Crippen MR) is 125 cm³/mol. The number of hydrogen-bond acceptors (Lipinski definition) is 6. The van der Waals surface area contributed by atoms with Gasteiger partial charge in [0.25, 0.3) is 5.91 Å². The van der Waals surface area contributed by atoms with E-state index in [9.17, 15) is 14.7 Å².